The van der Waals surface area contributed by atoms with Gasteiger partial charge in [-0.25, -0.2) is 0 Å². The first-order valence-corrected chi connectivity index (χ1v) is 7.53. The minimum atomic E-state index is 0.156. The van der Waals surface area contributed by atoms with Crippen molar-refractivity contribution in [3.05, 3.63) is 12.2 Å². The molecule has 0 aromatic carbocycles. The fourth-order valence-corrected chi connectivity index (χ4v) is 3.30. The molecule has 1 N–H and O–H groups in total. The molecule has 2 unspecified atom stereocenters. The molecular formula is C16H25NO2. The molecule has 1 amide bonds. The predicted molar refractivity (Wildman–Crippen MR) is 75.7 cm³/mol. The highest BCUT2D eigenvalue weighted by atomic mass is 16.2. The number of rotatable bonds is 3. The van der Waals surface area contributed by atoms with E-state index in [0.717, 1.165) is 51.4 Å². The molecule has 2 aliphatic carbocycles. The summed E-state index contributed by atoms with van der Waals surface area (Å²) in [5, 5.41) is 3.17. The van der Waals surface area contributed by atoms with E-state index in [4.69, 9.17) is 0 Å². The second kappa shape index (κ2) is 6.36. The second-order valence-electron chi connectivity index (χ2n) is 6.20. The molecule has 106 valence electrons. The molecule has 2 fully saturated rings. The SMILES string of the molecule is C=C1CCC(C(=O)NC2CCCC(C(C)=O)C2)CC1. The largest absolute Gasteiger partial charge is 0.353 e. The molecule has 0 radical (unpaired) electrons. The van der Waals surface area contributed by atoms with Crippen molar-refractivity contribution in [2.45, 2.75) is 64.3 Å². The average Bonchev–Trinajstić information content (AvgIpc) is 2.39. The van der Waals surface area contributed by atoms with Crippen molar-refractivity contribution in [1.82, 2.24) is 5.32 Å². The lowest BCUT2D eigenvalue weighted by atomic mass is 9.82. The molecule has 3 heteroatoms. The normalized spacial score (nSPS) is 29.0. The van der Waals surface area contributed by atoms with Crippen LogP contribution in [-0.2, 0) is 9.59 Å². The van der Waals surface area contributed by atoms with Gasteiger partial charge in [0.15, 0.2) is 0 Å². The highest BCUT2D eigenvalue weighted by Crippen LogP contribution is 2.29. The maximum Gasteiger partial charge on any atom is 0.223 e. The maximum atomic E-state index is 12.2. The molecule has 3 nitrogen and oxygen atoms in total. The van der Waals surface area contributed by atoms with E-state index in [1.165, 1.54) is 5.57 Å². The van der Waals surface area contributed by atoms with Gasteiger partial charge in [0.2, 0.25) is 5.91 Å². The Labute approximate surface area is 115 Å². The van der Waals surface area contributed by atoms with Crippen LogP contribution in [0.3, 0.4) is 0 Å². The van der Waals surface area contributed by atoms with Gasteiger partial charge in [0.05, 0.1) is 0 Å². The summed E-state index contributed by atoms with van der Waals surface area (Å²) < 4.78 is 0. The summed E-state index contributed by atoms with van der Waals surface area (Å²) in [4.78, 5) is 23.7. The third-order valence-electron chi connectivity index (χ3n) is 4.66. The Kier molecular flexibility index (Phi) is 4.78. The van der Waals surface area contributed by atoms with E-state index in [-0.39, 0.29) is 29.6 Å². The summed E-state index contributed by atoms with van der Waals surface area (Å²) in [7, 11) is 0. The number of carbonyl (C=O) groups is 2. The number of amides is 1. The zero-order valence-electron chi connectivity index (χ0n) is 11.9. The van der Waals surface area contributed by atoms with Gasteiger partial charge in [-0.1, -0.05) is 18.6 Å². The standard InChI is InChI=1S/C16H25NO2/c1-11-6-8-13(9-7-11)16(19)17-15-5-3-4-14(10-15)12(2)18/h13-15H,1,3-10H2,2H3,(H,17,19). The average molecular weight is 263 g/mol. The monoisotopic (exact) mass is 263 g/mol. The third kappa shape index (κ3) is 3.92. The van der Waals surface area contributed by atoms with Crippen LogP contribution in [0.2, 0.25) is 0 Å². The summed E-state index contributed by atoms with van der Waals surface area (Å²) in [6.07, 6.45) is 7.75. The molecule has 0 bridgehead atoms. The number of hydrogen-bond donors (Lipinski definition) is 1. The van der Waals surface area contributed by atoms with Crippen molar-refractivity contribution >= 4 is 11.7 Å². The zero-order chi connectivity index (χ0) is 13.8. The van der Waals surface area contributed by atoms with Crippen LogP contribution in [-0.4, -0.2) is 17.7 Å². The van der Waals surface area contributed by atoms with Crippen LogP contribution in [0, 0.1) is 11.8 Å². The van der Waals surface area contributed by atoms with Crippen LogP contribution in [0.5, 0.6) is 0 Å². The number of nitrogens with one attached hydrogen (secondary N) is 1. The number of Topliss-reactive ketones (excluding diaryl/α,β-unsaturated/α-hetero) is 1. The van der Waals surface area contributed by atoms with E-state index < -0.39 is 0 Å². The number of ketones is 1. The molecule has 2 aliphatic rings. The Bertz CT molecular complexity index is 365. The Morgan fingerprint density at radius 1 is 1.11 bits per heavy atom. The molecule has 2 atom stereocenters. The van der Waals surface area contributed by atoms with E-state index >= 15 is 0 Å². The van der Waals surface area contributed by atoms with Gasteiger partial charge in [0.25, 0.3) is 0 Å². The van der Waals surface area contributed by atoms with Gasteiger partial charge in [0, 0.05) is 17.9 Å². The van der Waals surface area contributed by atoms with E-state index in [0.29, 0.717) is 0 Å². The molecule has 0 aromatic rings. The van der Waals surface area contributed by atoms with Gasteiger partial charge in [-0.3, -0.25) is 9.59 Å². The van der Waals surface area contributed by atoms with E-state index in [1.54, 1.807) is 6.92 Å². The summed E-state index contributed by atoms with van der Waals surface area (Å²) in [6, 6.07) is 0.209. The smallest absolute Gasteiger partial charge is 0.223 e. The van der Waals surface area contributed by atoms with Crippen molar-refractivity contribution in [3.8, 4) is 0 Å². The Hall–Kier alpha value is -1.12. The number of carbonyl (C=O) groups excluding carboxylic acids is 2. The fourth-order valence-electron chi connectivity index (χ4n) is 3.30. The number of hydrogen-bond acceptors (Lipinski definition) is 2. The third-order valence-corrected chi connectivity index (χ3v) is 4.66. The van der Waals surface area contributed by atoms with Crippen molar-refractivity contribution in [1.29, 1.82) is 0 Å². The van der Waals surface area contributed by atoms with Crippen molar-refractivity contribution < 1.29 is 9.59 Å². The topological polar surface area (TPSA) is 46.2 Å². The molecule has 0 aliphatic heterocycles. The predicted octanol–water partition coefficient (Wildman–Crippen LogP) is 3.00. The summed E-state index contributed by atoms with van der Waals surface area (Å²) in [5.41, 5.74) is 1.28. The Balaban J connectivity index is 1.81. The van der Waals surface area contributed by atoms with Crippen LogP contribution in [0.25, 0.3) is 0 Å². The van der Waals surface area contributed by atoms with Crippen molar-refractivity contribution in [2.24, 2.45) is 11.8 Å². The molecule has 2 saturated carbocycles. The summed E-state index contributed by atoms with van der Waals surface area (Å²) in [6.45, 7) is 5.65. The zero-order valence-corrected chi connectivity index (χ0v) is 11.9. The summed E-state index contributed by atoms with van der Waals surface area (Å²) in [5.74, 6) is 0.781. The minimum absolute atomic E-state index is 0.156. The first kappa shape index (κ1) is 14.3. The van der Waals surface area contributed by atoms with E-state index in [2.05, 4.69) is 11.9 Å². The maximum absolute atomic E-state index is 12.2. The lowest BCUT2D eigenvalue weighted by molar-refractivity contribution is -0.128. The van der Waals surface area contributed by atoms with Gasteiger partial charge in [-0.15, -0.1) is 0 Å². The molecule has 0 spiro atoms. The first-order valence-electron chi connectivity index (χ1n) is 7.53. The number of allylic oxidation sites excluding steroid dienone is 1. The minimum Gasteiger partial charge on any atom is -0.353 e. The van der Waals surface area contributed by atoms with Crippen LogP contribution < -0.4 is 5.32 Å². The van der Waals surface area contributed by atoms with Crippen LogP contribution in [0.15, 0.2) is 12.2 Å². The van der Waals surface area contributed by atoms with Crippen LogP contribution in [0.4, 0.5) is 0 Å². The van der Waals surface area contributed by atoms with Gasteiger partial charge < -0.3 is 5.32 Å². The van der Waals surface area contributed by atoms with Crippen LogP contribution in [0.1, 0.15) is 58.3 Å². The molecule has 19 heavy (non-hydrogen) atoms. The molecule has 0 saturated heterocycles. The van der Waals surface area contributed by atoms with Gasteiger partial charge in [-0.05, 0) is 51.9 Å². The lowest BCUT2D eigenvalue weighted by Crippen LogP contribution is -2.42. The molecule has 2 rings (SSSR count). The molecular weight excluding hydrogens is 238 g/mol. The van der Waals surface area contributed by atoms with Gasteiger partial charge in [0.1, 0.15) is 5.78 Å². The summed E-state index contributed by atoms with van der Waals surface area (Å²) >= 11 is 0. The molecule has 0 aromatic heterocycles. The van der Waals surface area contributed by atoms with Crippen LogP contribution >= 0.6 is 0 Å². The fraction of sp³-hybridized carbons (Fsp3) is 0.750. The highest BCUT2D eigenvalue weighted by molar-refractivity contribution is 5.80. The van der Waals surface area contributed by atoms with Crippen molar-refractivity contribution in [3.63, 3.8) is 0 Å². The van der Waals surface area contributed by atoms with Crippen molar-refractivity contribution in [2.75, 3.05) is 0 Å². The Morgan fingerprint density at radius 3 is 2.42 bits per heavy atom. The van der Waals surface area contributed by atoms with Gasteiger partial charge in [-0.2, -0.15) is 0 Å². The second-order valence-corrected chi connectivity index (χ2v) is 6.20. The molecule has 0 heterocycles. The lowest BCUT2D eigenvalue weighted by Gasteiger charge is -2.30. The van der Waals surface area contributed by atoms with E-state index in [1.807, 2.05) is 0 Å². The quantitative estimate of drug-likeness (QED) is 0.796. The van der Waals surface area contributed by atoms with Gasteiger partial charge >= 0.3 is 0 Å². The van der Waals surface area contributed by atoms with E-state index in [9.17, 15) is 9.59 Å². The Morgan fingerprint density at radius 2 is 1.79 bits per heavy atom. The highest BCUT2D eigenvalue weighted by Gasteiger charge is 2.29. The first-order chi connectivity index (χ1) is 9.06.